The van der Waals surface area contributed by atoms with Crippen LogP contribution in [0, 0.1) is 0 Å². The number of benzene rings is 1. The SMILES string of the molecule is COc1c(N)ncnc1Nc1ccc(N2CCCC2)cc1. The second-order valence-corrected chi connectivity index (χ2v) is 5.01. The van der Waals surface area contributed by atoms with E-state index < -0.39 is 0 Å². The Morgan fingerprint density at radius 3 is 2.52 bits per heavy atom. The maximum absolute atomic E-state index is 5.77. The normalized spacial score (nSPS) is 14.2. The molecule has 2 aromatic rings. The maximum atomic E-state index is 5.77. The summed E-state index contributed by atoms with van der Waals surface area (Å²) in [5.74, 6) is 1.35. The number of aromatic nitrogens is 2. The number of rotatable bonds is 4. The summed E-state index contributed by atoms with van der Waals surface area (Å²) in [6.45, 7) is 2.28. The van der Waals surface area contributed by atoms with Crippen molar-refractivity contribution in [3.8, 4) is 5.75 Å². The van der Waals surface area contributed by atoms with E-state index in [0.717, 1.165) is 18.8 Å². The fourth-order valence-corrected chi connectivity index (χ4v) is 2.55. The molecule has 1 aliphatic heterocycles. The van der Waals surface area contributed by atoms with Gasteiger partial charge >= 0.3 is 0 Å². The number of nitrogens with one attached hydrogen (secondary N) is 1. The van der Waals surface area contributed by atoms with E-state index in [4.69, 9.17) is 10.5 Å². The third-order valence-electron chi connectivity index (χ3n) is 3.64. The molecule has 0 aliphatic carbocycles. The minimum absolute atomic E-state index is 0.323. The van der Waals surface area contributed by atoms with Gasteiger partial charge in [-0.15, -0.1) is 0 Å². The molecule has 2 heterocycles. The van der Waals surface area contributed by atoms with Crippen molar-refractivity contribution in [2.75, 3.05) is 36.1 Å². The summed E-state index contributed by atoms with van der Waals surface area (Å²) in [6.07, 6.45) is 3.97. The number of hydrogen-bond donors (Lipinski definition) is 2. The van der Waals surface area contributed by atoms with Gasteiger partial charge < -0.3 is 20.7 Å². The monoisotopic (exact) mass is 285 g/mol. The van der Waals surface area contributed by atoms with E-state index in [0.29, 0.717) is 17.4 Å². The number of nitrogens with zero attached hydrogens (tertiary/aromatic N) is 3. The van der Waals surface area contributed by atoms with Gasteiger partial charge in [-0.25, -0.2) is 9.97 Å². The van der Waals surface area contributed by atoms with Crippen molar-refractivity contribution in [2.24, 2.45) is 0 Å². The van der Waals surface area contributed by atoms with Gasteiger partial charge in [-0.3, -0.25) is 0 Å². The maximum Gasteiger partial charge on any atom is 0.204 e. The Kier molecular flexibility index (Phi) is 3.77. The van der Waals surface area contributed by atoms with Crippen molar-refractivity contribution in [3.05, 3.63) is 30.6 Å². The molecule has 0 bridgehead atoms. The van der Waals surface area contributed by atoms with Crippen LogP contribution in [0.2, 0.25) is 0 Å². The van der Waals surface area contributed by atoms with E-state index in [1.54, 1.807) is 7.11 Å². The van der Waals surface area contributed by atoms with E-state index in [2.05, 4.69) is 32.3 Å². The Balaban J connectivity index is 1.77. The second kappa shape index (κ2) is 5.87. The van der Waals surface area contributed by atoms with Crippen LogP contribution in [-0.2, 0) is 0 Å². The molecule has 0 atom stereocenters. The second-order valence-electron chi connectivity index (χ2n) is 5.01. The molecule has 0 spiro atoms. The summed E-state index contributed by atoms with van der Waals surface area (Å²) in [4.78, 5) is 10.5. The molecular formula is C15H19N5O. The molecule has 21 heavy (non-hydrogen) atoms. The fourth-order valence-electron chi connectivity index (χ4n) is 2.55. The number of hydrogen-bond acceptors (Lipinski definition) is 6. The van der Waals surface area contributed by atoms with Gasteiger partial charge in [0.25, 0.3) is 0 Å². The van der Waals surface area contributed by atoms with Gasteiger partial charge in [0.15, 0.2) is 11.6 Å². The average molecular weight is 285 g/mol. The van der Waals surface area contributed by atoms with E-state index >= 15 is 0 Å². The standard InChI is InChI=1S/C15H19N5O/c1-21-13-14(16)17-10-18-15(13)19-11-4-6-12(7-5-11)20-8-2-3-9-20/h4-7,10H,2-3,8-9H2,1H3,(H3,16,17,18,19). The molecule has 1 aromatic carbocycles. The van der Waals surface area contributed by atoms with Crippen molar-refractivity contribution in [1.29, 1.82) is 0 Å². The highest BCUT2D eigenvalue weighted by Crippen LogP contribution is 2.30. The highest BCUT2D eigenvalue weighted by molar-refractivity contribution is 5.69. The first-order valence-corrected chi connectivity index (χ1v) is 7.04. The minimum atomic E-state index is 0.323. The van der Waals surface area contributed by atoms with Crippen LogP contribution < -0.4 is 20.7 Å². The smallest absolute Gasteiger partial charge is 0.204 e. The number of nitrogen functional groups attached to an aromatic ring is 1. The summed E-state index contributed by atoms with van der Waals surface area (Å²) in [5.41, 5.74) is 7.97. The summed E-state index contributed by atoms with van der Waals surface area (Å²) >= 11 is 0. The number of ether oxygens (including phenoxy) is 1. The van der Waals surface area contributed by atoms with Gasteiger partial charge in [0, 0.05) is 24.5 Å². The molecule has 110 valence electrons. The average Bonchev–Trinajstić information content (AvgIpc) is 3.03. The Hall–Kier alpha value is -2.50. The summed E-state index contributed by atoms with van der Waals surface area (Å²) in [7, 11) is 1.55. The molecule has 6 heteroatoms. The van der Waals surface area contributed by atoms with Crippen LogP contribution in [0.15, 0.2) is 30.6 Å². The van der Waals surface area contributed by atoms with Gasteiger partial charge in [0.05, 0.1) is 7.11 Å². The molecule has 6 nitrogen and oxygen atoms in total. The Morgan fingerprint density at radius 2 is 1.86 bits per heavy atom. The van der Waals surface area contributed by atoms with Crippen LogP contribution in [0.4, 0.5) is 23.0 Å². The summed E-state index contributed by atoms with van der Waals surface area (Å²) in [5, 5.41) is 3.21. The first-order valence-electron chi connectivity index (χ1n) is 7.04. The zero-order valence-corrected chi connectivity index (χ0v) is 12.0. The lowest BCUT2D eigenvalue weighted by molar-refractivity contribution is 0.415. The lowest BCUT2D eigenvalue weighted by Crippen LogP contribution is -2.17. The van der Waals surface area contributed by atoms with Gasteiger partial charge in [0.1, 0.15) is 6.33 Å². The van der Waals surface area contributed by atoms with E-state index in [-0.39, 0.29) is 0 Å². The van der Waals surface area contributed by atoms with Crippen molar-refractivity contribution >= 4 is 23.0 Å². The first-order chi connectivity index (χ1) is 10.3. The Morgan fingerprint density at radius 1 is 1.14 bits per heavy atom. The lowest BCUT2D eigenvalue weighted by atomic mass is 10.2. The topological polar surface area (TPSA) is 76.3 Å². The van der Waals surface area contributed by atoms with Crippen molar-refractivity contribution in [3.63, 3.8) is 0 Å². The van der Waals surface area contributed by atoms with Crippen LogP contribution in [-0.4, -0.2) is 30.2 Å². The lowest BCUT2D eigenvalue weighted by Gasteiger charge is -2.18. The van der Waals surface area contributed by atoms with E-state index in [9.17, 15) is 0 Å². The van der Waals surface area contributed by atoms with E-state index in [1.165, 1.54) is 24.9 Å². The van der Waals surface area contributed by atoms with Crippen molar-refractivity contribution in [1.82, 2.24) is 9.97 Å². The predicted octanol–water partition coefficient (Wildman–Crippen LogP) is 2.41. The summed E-state index contributed by atoms with van der Waals surface area (Å²) in [6, 6.07) is 8.30. The Labute approximate surface area is 124 Å². The predicted molar refractivity (Wildman–Crippen MR) is 84.2 cm³/mol. The van der Waals surface area contributed by atoms with Crippen LogP contribution in [0.1, 0.15) is 12.8 Å². The van der Waals surface area contributed by atoms with E-state index in [1.807, 2.05) is 12.1 Å². The quantitative estimate of drug-likeness (QED) is 0.898. The van der Waals surface area contributed by atoms with Gasteiger partial charge in [-0.05, 0) is 37.1 Å². The molecule has 3 rings (SSSR count). The number of methoxy groups -OCH3 is 1. The molecule has 1 aromatic heterocycles. The zero-order chi connectivity index (χ0) is 14.7. The van der Waals surface area contributed by atoms with Crippen LogP contribution in [0.5, 0.6) is 5.75 Å². The van der Waals surface area contributed by atoms with Crippen LogP contribution in [0.25, 0.3) is 0 Å². The van der Waals surface area contributed by atoms with Crippen LogP contribution in [0.3, 0.4) is 0 Å². The number of nitrogens with two attached hydrogens (primary N) is 1. The molecule has 1 fully saturated rings. The molecule has 1 aliphatic rings. The first kappa shape index (κ1) is 13.5. The highest BCUT2D eigenvalue weighted by Gasteiger charge is 2.13. The molecule has 3 N–H and O–H groups in total. The molecule has 0 radical (unpaired) electrons. The van der Waals surface area contributed by atoms with Crippen LogP contribution >= 0.6 is 0 Å². The van der Waals surface area contributed by atoms with Crippen molar-refractivity contribution < 1.29 is 4.74 Å². The fraction of sp³-hybridized carbons (Fsp3) is 0.333. The molecule has 0 saturated carbocycles. The third-order valence-corrected chi connectivity index (χ3v) is 3.64. The zero-order valence-electron chi connectivity index (χ0n) is 12.0. The minimum Gasteiger partial charge on any atom is -0.490 e. The third kappa shape index (κ3) is 2.84. The van der Waals surface area contributed by atoms with Gasteiger partial charge in [-0.1, -0.05) is 0 Å². The van der Waals surface area contributed by atoms with Crippen molar-refractivity contribution in [2.45, 2.75) is 12.8 Å². The van der Waals surface area contributed by atoms with Gasteiger partial charge in [-0.2, -0.15) is 0 Å². The summed E-state index contributed by atoms with van der Waals surface area (Å²) < 4.78 is 5.23. The largest absolute Gasteiger partial charge is 0.490 e. The molecule has 1 saturated heterocycles. The molecule has 0 unspecified atom stereocenters. The molecular weight excluding hydrogens is 266 g/mol. The Bertz CT molecular complexity index is 608. The molecule has 0 amide bonds. The van der Waals surface area contributed by atoms with Gasteiger partial charge in [0.2, 0.25) is 5.75 Å². The highest BCUT2D eigenvalue weighted by atomic mass is 16.5. The number of anilines is 4.